The van der Waals surface area contributed by atoms with E-state index in [-0.39, 0.29) is 0 Å². The minimum Gasteiger partial charge on any atom is -0.318 e. The number of hydrogen-bond acceptors (Lipinski definition) is 2. The van der Waals surface area contributed by atoms with E-state index in [0.717, 1.165) is 54.4 Å². The molecule has 0 amide bonds. The smallest absolute Gasteiger partial charge is 0.188 e. The summed E-state index contributed by atoms with van der Waals surface area (Å²) in [5, 5.41) is 0. The van der Waals surface area contributed by atoms with Gasteiger partial charge in [-0.05, 0) is 22.3 Å². The molecule has 2 aliphatic rings. The zero-order chi connectivity index (χ0) is 18.0. The van der Waals surface area contributed by atoms with Gasteiger partial charge in [0.25, 0.3) is 0 Å². The Labute approximate surface area is 155 Å². The number of hydrogen-bond donors (Lipinski definition) is 0. The van der Waals surface area contributed by atoms with E-state index in [1.807, 2.05) is 0 Å². The molecule has 0 N–H and O–H groups in total. The van der Waals surface area contributed by atoms with E-state index >= 15 is 0 Å². The van der Waals surface area contributed by atoms with Crippen molar-refractivity contribution in [3.05, 3.63) is 70.3 Å². The predicted molar refractivity (Wildman–Crippen MR) is 94.9 cm³/mol. The number of fused-ring (bicyclic) bond motifs is 2. The van der Waals surface area contributed by atoms with Crippen LogP contribution in [-0.2, 0) is 23.0 Å². The first-order chi connectivity index (χ1) is 12.5. The highest BCUT2D eigenvalue weighted by molar-refractivity contribution is 7.98. The van der Waals surface area contributed by atoms with Crippen LogP contribution < -0.4 is 0 Å². The second-order valence-electron chi connectivity index (χ2n) is 6.37. The Morgan fingerprint density at radius 1 is 0.538 bits per heavy atom. The molecule has 0 fully saturated rings. The van der Waals surface area contributed by atoms with Gasteiger partial charge in [-0.25, -0.2) is 17.6 Å². The number of aromatic nitrogens is 2. The van der Waals surface area contributed by atoms with Crippen LogP contribution in [0.5, 0.6) is 0 Å². The van der Waals surface area contributed by atoms with Crippen molar-refractivity contribution in [2.45, 2.75) is 23.0 Å². The summed E-state index contributed by atoms with van der Waals surface area (Å²) in [6, 6.07) is 0. The van der Waals surface area contributed by atoms with Crippen LogP contribution in [-0.4, -0.2) is 9.13 Å². The third-order valence-electron chi connectivity index (χ3n) is 4.77. The highest BCUT2D eigenvalue weighted by atomic mass is 32.2. The quantitative estimate of drug-likeness (QED) is 0.429. The van der Waals surface area contributed by atoms with Crippen LogP contribution in [0.3, 0.4) is 0 Å². The van der Waals surface area contributed by atoms with Crippen molar-refractivity contribution in [1.29, 1.82) is 0 Å². The number of thioether (sulfide) groups is 2. The third-order valence-corrected chi connectivity index (χ3v) is 6.83. The maximum Gasteiger partial charge on any atom is 0.188 e. The van der Waals surface area contributed by atoms with Gasteiger partial charge in [-0.1, -0.05) is 0 Å². The lowest BCUT2D eigenvalue weighted by molar-refractivity contribution is 0.442. The summed E-state index contributed by atoms with van der Waals surface area (Å²) in [6.07, 6.45) is 6.15. The fourth-order valence-corrected chi connectivity index (χ4v) is 5.58. The maximum absolute atomic E-state index is 14.7. The summed E-state index contributed by atoms with van der Waals surface area (Å²) >= 11 is 3.37. The third kappa shape index (κ3) is 2.28. The van der Waals surface area contributed by atoms with E-state index in [1.54, 1.807) is 23.5 Å². The van der Waals surface area contributed by atoms with Gasteiger partial charge < -0.3 is 9.13 Å². The van der Waals surface area contributed by atoms with Crippen LogP contribution in [0, 0.1) is 23.3 Å². The molecule has 0 aliphatic carbocycles. The predicted octanol–water partition coefficient (Wildman–Crippen LogP) is 5.32. The highest BCUT2D eigenvalue weighted by Gasteiger charge is 2.29. The van der Waals surface area contributed by atoms with Crippen LogP contribution in [0.1, 0.15) is 22.3 Å². The molecular weight excluding hydrogens is 384 g/mol. The van der Waals surface area contributed by atoms with Gasteiger partial charge in [-0.3, -0.25) is 0 Å². The van der Waals surface area contributed by atoms with E-state index in [1.165, 1.54) is 24.8 Å². The van der Waals surface area contributed by atoms with E-state index in [2.05, 4.69) is 0 Å². The second-order valence-corrected chi connectivity index (χ2v) is 8.34. The molecule has 8 heteroatoms. The average molecular weight is 396 g/mol. The van der Waals surface area contributed by atoms with Crippen LogP contribution in [0.15, 0.2) is 24.8 Å². The number of rotatable bonds is 2. The molecule has 0 unspecified atom stereocenters. The average Bonchev–Trinajstić information content (AvgIpc) is 3.32. The summed E-state index contributed by atoms with van der Waals surface area (Å²) in [4.78, 5) is 0. The van der Waals surface area contributed by atoms with Gasteiger partial charge in [0.15, 0.2) is 23.3 Å². The van der Waals surface area contributed by atoms with E-state index in [9.17, 15) is 17.6 Å². The zero-order valence-electron chi connectivity index (χ0n) is 13.4. The summed E-state index contributed by atoms with van der Waals surface area (Å²) in [5.74, 6) is -2.65. The largest absolute Gasteiger partial charge is 0.318 e. The van der Waals surface area contributed by atoms with Crippen molar-refractivity contribution in [2.75, 3.05) is 0 Å². The first-order valence-corrected chi connectivity index (χ1v) is 10.3. The van der Waals surface area contributed by atoms with Crippen molar-refractivity contribution in [3.8, 4) is 11.4 Å². The minimum absolute atomic E-state index is 0.710. The molecule has 0 bridgehead atoms. The minimum atomic E-state index is -1.39. The molecule has 26 heavy (non-hydrogen) atoms. The monoisotopic (exact) mass is 396 g/mol. The van der Waals surface area contributed by atoms with E-state index in [4.69, 9.17) is 0 Å². The summed E-state index contributed by atoms with van der Waals surface area (Å²) in [7, 11) is 0. The molecule has 0 saturated carbocycles. The first kappa shape index (κ1) is 16.4. The Hall–Kier alpha value is -1.80. The van der Waals surface area contributed by atoms with Gasteiger partial charge in [-0.2, -0.15) is 23.5 Å². The van der Waals surface area contributed by atoms with Gasteiger partial charge in [0.05, 0.1) is 0 Å². The lowest BCUT2D eigenvalue weighted by atomic mass is 10.2. The molecule has 4 heterocycles. The number of halogens is 4. The lowest BCUT2D eigenvalue weighted by Crippen LogP contribution is -2.11. The highest BCUT2D eigenvalue weighted by Crippen LogP contribution is 2.36. The van der Waals surface area contributed by atoms with Crippen molar-refractivity contribution in [2.24, 2.45) is 0 Å². The van der Waals surface area contributed by atoms with Gasteiger partial charge in [0.2, 0.25) is 0 Å². The van der Waals surface area contributed by atoms with Crippen LogP contribution >= 0.6 is 23.5 Å². The van der Waals surface area contributed by atoms with Crippen molar-refractivity contribution in [3.63, 3.8) is 0 Å². The van der Waals surface area contributed by atoms with E-state index < -0.39 is 34.6 Å². The van der Waals surface area contributed by atoms with Crippen LogP contribution in [0.4, 0.5) is 17.6 Å². The Balaban J connectivity index is 1.68. The molecule has 2 nitrogen and oxygen atoms in total. The zero-order valence-corrected chi connectivity index (χ0v) is 15.0. The van der Waals surface area contributed by atoms with Gasteiger partial charge in [0, 0.05) is 47.8 Å². The van der Waals surface area contributed by atoms with Crippen molar-refractivity contribution < 1.29 is 17.6 Å². The SMILES string of the molecule is Fc1c(F)c(-n2cc3c(c2)CSC3)c(F)c(F)c1-n1cc2c(c1)CSC2. The maximum atomic E-state index is 14.7. The lowest BCUT2D eigenvalue weighted by Gasteiger charge is -2.14. The van der Waals surface area contributed by atoms with Gasteiger partial charge in [-0.15, -0.1) is 0 Å². The molecule has 2 aromatic heterocycles. The molecular formula is C18H12F4N2S2. The molecule has 0 saturated heterocycles. The number of nitrogens with zero attached hydrogens (tertiary/aromatic N) is 2. The molecule has 134 valence electrons. The normalized spacial score (nSPS) is 15.5. The summed E-state index contributed by atoms with van der Waals surface area (Å²) in [6.45, 7) is 0. The van der Waals surface area contributed by atoms with Crippen LogP contribution in [0.2, 0.25) is 0 Å². The fraction of sp³-hybridized carbons (Fsp3) is 0.222. The van der Waals surface area contributed by atoms with Gasteiger partial charge >= 0.3 is 0 Å². The van der Waals surface area contributed by atoms with Crippen molar-refractivity contribution >= 4 is 23.5 Å². The Morgan fingerprint density at radius 3 is 1.08 bits per heavy atom. The molecule has 3 aromatic rings. The van der Waals surface area contributed by atoms with Gasteiger partial charge in [0.1, 0.15) is 11.4 Å². The summed E-state index contributed by atoms with van der Waals surface area (Å²) in [5.41, 5.74) is 2.30. The Morgan fingerprint density at radius 2 is 0.808 bits per heavy atom. The molecule has 0 spiro atoms. The Bertz CT molecular complexity index is 899. The standard InChI is InChI=1S/C18H12F4N2S2/c19-13-15(21)18(24-3-11-7-26-8-12(11)4-24)16(22)14(20)17(13)23-1-9-5-25-6-10(9)2-23/h1-4H,5-8H2. The second kappa shape index (κ2) is 5.85. The molecule has 5 rings (SSSR count). The van der Waals surface area contributed by atoms with Crippen molar-refractivity contribution in [1.82, 2.24) is 9.13 Å². The molecule has 1 aromatic carbocycles. The summed E-state index contributed by atoms with van der Waals surface area (Å²) < 4.78 is 61.2. The Kier molecular flexibility index (Phi) is 3.69. The van der Waals surface area contributed by atoms with E-state index in [0.29, 0.717) is 0 Å². The fourth-order valence-electron chi connectivity index (χ4n) is 3.46. The first-order valence-electron chi connectivity index (χ1n) is 7.96. The molecule has 0 radical (unpaired) electrons. The van der Waals surface area contributed by atoms with Crippen LogP contribution in [0.25, 0.3) is 11.4 Å². The number of benzene rings is 1. The molecule has 0 atom stereocenters. The molecule has 2 aliphatic heterocycles. The topological polar surface area (TPSA) is 9.86 Å².